The minimum atomic E-state index is -4.23. The van der Waals surface area contributed by atoms with Gasteiger partial charge >= 0.3 is 67.3 Å². The molecule has 0 aliphatic rings. The molecule has 0 rings (SSSR count). The van der Waals surface area contributed by atoms with Gasteiger partial charge < -0.3 is 0 Å². The van der Waals surface area contributed by atoms with E-state index in [1.54, 1.807) is 0 Å². The van der Waals surface area contributed by atoms with Crippen molar-refractivity contribution in [1.29, 1.82) is 0 Å². The van der Waals surface area contributed by atoms with Gasteiger partial charge in [-0.2, -0.15) is 8.42 Å². The molecule has 0 saturated carbocycles. The Labute approximate surface area is 160 Å². The van der Waals surface area contributed by atoms with E-state index in [0.29, 0.717) is 6.42 Å². The van der Waals surface area contributed by atoms with Crippen LogP contribution in [0.3, 0.4) is 0 Å². The van der Waals surface area contributed by atoms with E-state index in [1.165, 1.54) is 44.9 Å². The second kappa shape index (κ2) is 17.8. The molecule has 0 heterocycles. The van der Waals surface area contributed by atoms with E-state index in [9.17, 15) is 8.42 Å². The van der Waals surface area contributed by atoms with Gasteiger partial charge in [-0.1, -0.05) is 64.7 Å². The molecule has 19 heavy (non-hydrogen) atoms. The van der Waals surface area contributed by atoms with Crippen LogP contribution in [0.1, 0.15) is 71.1 Å². The summed E-state index contributed by atoms with van der Waals surface area (Å²) in [5.74, 6) is 0. The van der Waals surface area contributed by atoms with Gasteiger partial charge in [0.15, 0.2) is 0 Å². The third kappa shape index (κ3) is 25.1. The maximum absolute atomic E-state index is 10.2. The van der Waals surface area contributed by atoms with Crippen LogP contribution in [-0.2, 0) is 14.6 Å². The number of hydrogen-bond acceptors (Lipinski definition) is 3. The Morgan fingerprint density at radius 1 is 0.842 bits per heavy atom. The molecule has 0 aromatic rings. The van der Waals surface area contributed by atoms with Crippen LogP contribution < -0.4 is 0 Å². The fourth-order valence-electron chi connectivity index (χ4n) is 1.75. The summed E-state index contributed by atoms with van der Waals surface area (Å²) >= 11 is 0. The fraction of sp³-hybridized carbons (Fsp3) is 1.00. The number of unbranched alkanes of at least 4 members (excludes halogenated alkanes) is 9. The first-order chi connectivity index (χ1) is 8.06. The second-order valence-corrected chi connectivity index (χ2v) is 5.52. The Morgan fingerprint density at radius 2 is 1.21 bits per heavy atom. The second-order valence-electron chi connectivity index (χ2n) is 4.43. The fourth-order valence-corrected chi connectivity index (χ4v) is 2.08. The molecule has 0 spiro atoms. The summed E-state index contributed by atoms with van der Waals surface area (Å²) in [5.41, 5.74) is 0. The molecule has 0 amide bonds. The predicted octanol–water partition coefficient (Wildman–Crippen LogP) is 2.16. The van der Waals surface area contributed by atoms with E-state index in [0.717, 1.165) is 12.8 Å². The normalized spacial score (nSPS) is 10.6. The average molecular weight is 500 g/mol. The summed E-state index contributed by atoms with van der Waals surface area (Å²) in [6, 6.07) is 0. The molecule has 0 unspecified atom stereocenters. The molecule has 0 saturated heterocycles. The third-order valence-corrected chi connectivity index (χ3v) is 3.19. The molecule has 0 aromatic carbocycles. The van der Waals surface area contributed by atoms with E-state index >= 15 is 0 Å². The van der Waals surface area contributed by atoms with Crippen molar-refractivity contribution in [2.75, 3.05) is 6.61 Å². The zero-order valence-electron chi connectivity index (χ0n) is 11.6. The molecule has 2 radical (unpaired) electrons. The first kappa shape index (κ1) is 25.7. The summed E-state index contributed by atoms with van der Waals surface area (Å²) < 4.78 is 33.0. The Morgan fingerprint density at radius 3 is 1.58 bits per heavy atom. The van der Waals surface area contributed by atoms with Crippen molar-refractivity contribution in [2.45, 2.75) is 71.1 Å². The summed E-state index contributed by atoms with van der Waals surface area (Å²) in [7, 11) is -4.23. The van der Waals surface area contributed by atoms with Crippen LogP contribution in [0.15, 0.2) is 0 Å². The van der Waals surface area contributed by atoms with Gasteiger partial charge in [-0.15, -0.1) is 0 Å². The molecule has 1 N–H and O–H groups in total. The summed E-state index contributed by atoms with van der Waals surface area (Å²) in [4.78, 5) is 0. The van der Waals surface area contributed by atoms with Crippen LogP contribution in [0.5, 0.6) is 0 Å². The zero-order valence-corrected chi connectivity index (χ0v) is 17.9. The van der Waals surface area contributed by atoms with Gasteiger partial charge in [0.2, 0.25) is 0 Å². The van der Waals surface area contributed by atoms with E-state index in [4.69, 9.17) is 4.55 Å². The van der Waals surface area contributed by atoms with E-state index < -0.39 is 10.4 Å². The predicted molar refractivity (Wildman–Crippen MR) is 85.0 cm³/mol. The van der Waals surface area contributed by atoms with Crippen molar-refractivity contribution < 1.29 is 17.2 Å². The molecule has 0 atom stereocenters. The van der Waals surface area contributed by atoms with Gasteiger partial charge in [0, 0.05) is 0 Å². The maximum atomic E-state index is 10.2. The molecule has 4 nitrogen and oxygen atoms in total. The van der Waals surface area contributed by atoms with Gasteiger partial charge in [-0.25, -0.2) is 4.18 Å². The van der Waals surface area contributed by atoms with Crippen molar-refractivity contribution >= 4 is 67.3 Å². The van der Waals surface area contributed by atoms with Crippen LogP contribution >= 0.6 is 0 Å². The summed E-state index contributed by atoms with van der Waals surface area (Å²) in [6.45, 7) is 2.31. The Bertz CT molecular complexity index is 260. The van der Waals surface area contributed by atoms with Crippen LogP contribution in [0.25, 0.3) is 0 Å². The molecule has 0 aromatic heterocycles. The molecule has 0 aliphatic carbocycles. The summed E-state index contributed by atoms with van der Waals surface area (Å²) in [5, 5.41) is 0. The standard InChI is InChI=1S/C12H26O4S.Na.Pb.3H/c1-2-3-4-5-6-7-8-9-10-11-12-16-17(13,14)15;;;;;/h2-12H2,1H3,(H,13,14,15);;;;;. The van der Waals surface area contributed by atoms with Crippen molar-refractivity contribution in [3.05, 3.63) is 0 Å². The number of hydrogen-bond donors (Lipinski definition) is 1. The molecule has 0 aliphatic heterocycles. The van der Waals surface area contributed by atoms with Gasteiger partial charge in [-0.3, -0.25) is 4.55 Å². The topological polar surface area (TPSA) is 63.6 Å². The molecule has 7 heteroatoms. The molecular formula is C12H29NaO4PbS. The van der Waals surface area contributed by atoms with Gasteiger partial charge in [0.1, 0.15) is 0 Å². The van der Waals surface area contributed by atoms with Crippen molar-refractivity contribution in [2.24, 2.45) is 0 Å². The molecule has 112 valence electrons. The SMILES string of the molecule is CCCCCCCCCCCCOS(=O)(=O)O.[NaH].[PbH2]. The van der Waals surface area contributed by atoms with Crippen LogP contribution in [-0.4, -0.2) is 76.4 Å². The van der Waals surface area contributed by atoms with Crippen molar-refractivity contribution in [3.63, 3.8) is 0 Å². The van der Waals surface area contributed by atoms with Gasteiger partial charge in [0.25, 0.3) is 0 Å². The third-order valence-electron chi connectivity index (χ3n) is 2.73. The molecular weight excluding hydrogens is 470 g/mol. The number of rotatable bonds is 12. The van der Waals surface area contributed by atoms with Crippen LogP contribution in [0, 0.1) is 0 Å². The summed E-state index contributed by atoms with van der Waals surface area (Å²) in [6.07, 6.45) is 11.9. The Kier molecular flexibility index (Phi) is 24.2. The van der Waals surface area contributed by atoms with Crippen LogP contribution in [0.2, 0.25) is 0 Å². The van der Waals surface area contributed by atoms with E-state index in [-0.39, 0.29) is 63.5 Å². The quantitative estimate of drug-likeness (QED) is 0.254. The Balaban J connectivity index is -0.00000128. The van der Waals surface area contributed by atoms with E-state index in [1.807, 2.05) is 0 Å². The first-order valence-electron chi connectivity index (χ1n) is 6.68. The van der Waals surface area contributed by atoms with Gasteiger partial charge in [0.05, 0.1) is 6.61 Å². The van der Waals surface area contributed by atoms with Crippen molar-refractivity contribution in [1.82, 2.24) is 0 Å². The van der Waals surface area contributed by atoms with Gasteiger partial charge in [-0.05, 0) is 6.42 Å². The van der Waals surface area contributed by atoms with E-state index in [2.05, 4.69) is 11.1 Å². The first-order valence-corrected chi connectivity index (χ1v) is 8.04. The minimum absolute atomic E-state index is 0. The monoisotopic (exact) mass is 500 g/mol. The molecule has 0 fully saturated rings. The molecule has 0 bridgehead atoms. The average Bonchev–Trinajstić information content (AvgIpc) is 2.24. The zero-order chi connectivity index (χ0) is 13.0. The van der Waals surface area contributed by atoms with Crippen LogP contribution in [0.4, 0.5) is 0 Å². The van der Waals surface area contributed by atoms with Crippen molar-refractivity contribution in [3.8, 4) is 0 Å². The Hall–Kier alpha value is 1.79.